The second kappa shape index (κ2) is 9.79. The topological polar surface area (TPSA) is 0 Å². The van der Waals surface area contributed by atoms with Crippen molar-refractivity contribution in [1.29, 1.82) is 0 Å². The largest absolute Gasteiger partial charge is 0.0776 e. The Morgan fingerprint density at radius 3 is 1.10 bits per heavy atom. The fraction of sp³-hybridized carbons (Fsp3) is 0.150. The molecule has 0 fully saturated rings. The van der Waals surface area contributed by atoms with Crippen molar-refractivity contribution in [3.8, 4) is 22.3 Å². The quantitative estimate of drug-likeness (QED) is 0.145. The average molecular weight is 575 g/mol. The smallest absolute Gasteiger partial charge is 0.0656 e. The molecule has 0 amide bonds. The summed E-state index contributed by atoms with van der Waals surface area (Å²) in [4.78, 5) is 0. The molecular formula is C40H38Si2. The Hall–Kier alpha value is -3.99. The first-order valence-corrected chi connectivity index (χ1v) is 22.1. The molecule has 0 saturated carbocycles. The Morgan fingerprint density at radius 2 is 0.714 bits per heavy atom. The third-order valence-corrected chi connectivity index (χ3v) is 13.0. The van der Waals surface area contributed by atoms with Crippen LogP contribution in [0.5, 0.6) is 0 Å². The second-order valence-corrected chi connectivity index (χ2v) is 24.0. The first-order chi connectivity index (χ1) is 20.1. The summed E-state index contributed by atoms with van der Waals surface area (Å²) in [6.45, 7) is 14.7. The Bertz CT molecular complexity index is 2000. The monoisotopic (exact) mass is 574 g/mol. The maximum absolute atomic E-state index is 2.53. The van der Waals surface area contributed by atoms with Crippen LogP contribution < -0.4 is 10.4 Å². The first kappa shape index (κ1) is 26.9. The minimum absolute atomic E-state index is 1.28. The van der Waals surface area contributed by atoms with Crippen LogP contribution >= 0.6 is 0 Å². The van der Waals surface area contributed by atoms with Gasteiger partial charge in [-0.15, -0.1) is 0 Å². The van der Waals surface area contributed by atoms with Crippen molar-refractivity contribution >= 4 is 69.6 Å². The van der Waals surface area contributed by atoms with Gasteiger partial charge >= 0.3 is 0 Å². The summed E-state index contributed by atoms with van der Waals surface area (Å²) in [7, 11) is -3.09. The normalized spacial score (nSPS) is 12.5. The van der Waals surface area contributed by atoms with E-state index in [0.29, 0.717) is 0 Å². The lowest BCUT2D eigenvalue weighted by Gasteiger charge is -2.24. The van der Waals surface area contributed by atoms with E-state index in [2.05, 4.69) is 161 Å². The first-order valence-electron chi connectivity index (χ1n) is 15.1. The molecule has 0 bridgehead atoms. The number of fused-ring (bicyclic) bond motifs is 4. The molecule has 0 atom stereocenters. The molecule has 0 N–H and O–H groups in total. The van der Waals surface area contributed by atoms with E-state index in [0.717, 1.165) is 0 Å². The van der Waals surface area contributed by atoms with Crippen molar-refractivity contribution in [3.63, 3.8) is 0 Å². The molecule has 0 heterocycles. The Balaban J connectivity index is 1.67. The summed E-state index contributed by atoms with van der Waals surface area (Å²) in [6.07, 6.45) is 0. The van der Waals surface area contributed by atoms with Gasteiger partial charge in [0.25, 0.3) is 0 Å². The Labute approximate surface area is 251 Å². The molecule has 7 aromatic rings. The molecule has 0 saturated heterocycles. The molecule has 0 unspecified atom stereocenters. The summed E-state index contributed by atoms with van der Waals surface area (Å²) in [5.74, 6) is 0. The van der Waals surface area contributed by atoms with E-state index in [-0.39, 0.29) is 0 Å². The van der Waals surface area contributed by atoms with E-state index in [1.165, 1.54) is 75.7 Å². The lowest BCUT2D eigenvalue weighted by atomic mass is 9.85. The van der Waals surface area contributed by atoms with Gasteiger partial charge in [-0.3, -0.25) is 0 Å². The second-order valence-electron chi connectivity index (χ2n) is 13.9. The zero-order valence-corrected chi connectivity index (χ0v) is 27.5. The van der Waals surface area contributed by atoms with Crippen molar-refractivity contribution < 1.29 is 0 Å². The number of benzene rings is 7. The van der Waals surface area contributed by atoms with Crippen LogP contribution in [0, 0.1) is 0 Å². The molecule has 0 aromatic heterocycles. The van der Waals surface area contributed by atoms with E-state index in [1.54, 1.807) is 0 Å². The van der Waals surface area contributed by atoms with Crippen molar-refractivity contribution in [1.82, 2.24) is 0 Å². The average Bonchev–Trinajstić information content (AvgIpc) is 2.98. The third-order valence-electron chi connectivity index (χ3n) is 8.92. The highest BCUT2D eigenvalue weighted by Crippen LogP contribution is 2.44. The molecule has 7 rings (SSSR count). The Morgan fingerprint density at radius 1 is 0.333 bits per heavy atom. The van der Waals surface area contributed by atoms with Crippen LogP contribution in [0.15, 0.2) is 121 Å². The van der Waals surface area contributed by atoms with Crippen molar-refractivity contribution in [2.75, 3.05) is 0 Å². The van der Waals surface area contributed by atoms with Gasteiger partial charge in [0.05, 0.1) is 16.1 Å². The minimum Gasteiger partial charge on any atom is -0.0656 e. The highest BCUT2D eigenvalue weighted by Gasteiger charge is 2.24. The molecule has 0 spiro atoms. The van der Waals surface area contributed by atoms with Gasteiger partial charge in [-0.1, -0.05) is 159 Å². The van der Waals surface area contributed by atoms with Crippen LogP contribution in [0.25, 0.3) is 65.3 Å². The molecule has 0 radical (unpaired) electrons. The SMILES string of the molecule is C[Si](C)(C)c1ccc2c(-c3ccc4ccccc4c3)c3cc([Si](C)(C)C)ccc3c(-c3ccc4ccccc4c3)c2c1. The van der Waals surface area contributed by atoms with Gasteiger partial charge in [-0.25, -0.2) is 0 Å². The number of hydrogen-bond donors (Lipinski definition) is 0. The predicted molar refractivity (Wildman–Crippen MR) is 193 cm³/mol. The summed E-state index contributed by atoms with van der Waals surface area (Å²) in [5, 5.41) is 13.6. The van der Waals surface area contributed by atoms with Crippen molar-refractivity contribution in [2.45, 2.75) is 39.3 Å². The molecule has 7 aromatic carbocycles. The maximum atomic E-state index is 2.53. The third kappa shape index (κ3) is 4.60. The fourth-order valence-electron chi connectivity index (χ4n) is 6.47. The summed E-state index contributed by atoms with van der Waals surface area (Å²) in [6, 6.07) is 46.2. The van der Waals surface area contributed by atoms with Crippen LogP contribution in [0.1, 0.15) is 0 Å². The molecule has 0 aliphatic heterocycles. The fourth-order valence-corrected chi connectivity index (χ4v) is 8.79. The molecule has 0 aliphatic carbocycles. The predicted octanol–water partition coefficient (Wildman–Crippen LogP) is 10.7. The van der Waals surface area contributed by atoms with Gasteiger partial charge in [0, 0.05) is 0 Å². The molecule has 0 nitrogen and oxygen atoms in total. The Kier molecular flexibility index (Phi) is 6.27. The summed E-state index contributed by atoms with van der Waals surface area (Å²) >= 11 is 0. The van der Waals surface area contributed by atoms with Gasteiger partial charge in [0.2, 0.25) is 0 Å². The van der Waals surface area contributed by atoms with Crippen molar-refractivity contribution in [2.24, 2.45) is 0 Å². The van der Waals surface area contributed by atoms with Crippen LogP contribution in [-0.2, 0) is 0 Å². The van der Waals surface area contributed by atoms with Gasteiger partial charge < -0.3 is 0 Å². The zero-order chi connectivity index (χ0) is 29.2. The van der Waals surface area contributed by atoms with Crippen molar-refractivity contribution in [3.05, 3.63) is 121 Å². The molecule has 206 valence electrons. The maximum Gasteiger partial charge on any atom is 0.0776 e. The van der Waals surface area contributed by atoms with E-state index >= 15 is 0 Å². The standard InChI is InChI=1S/C40H38Si2/c1-41(2,3)33-19-21-35-37(25-33)39(31-17-15-27-11-7-9-13-29(27)23-31)36-22-20-34(42(4,5)6)26-38(36)40(35)32-18-16-28-12-8-10-14-30(28)24-32/h7-26H,1-6H3. The van der Waals surface area contributed by atoms with E-state index < -0.39 is 16.1 Å². The lowest BCUT2D eigenvalue weighted by Crippen LogP contribution is -2.37. The van der Waals surface area contributed by atoms with Crippen LogP contribution in [0.3, 0.4) is 0 Å². The molecule has 0 aliphatic rings. The highest BCUT2D eigenvalue weighted by molar-refractivity contribution is 6.89. The molecule has 2 heteroatoms. The number of rotatable bonds is 4. The van der Waals surface area contributed by atoms with E-state index in [1.807, 2.05) is 0 Å². The highest BCUT2D eigenvalue weighted by atomic mass is 28.3. The van der Waals surface area contributed by atoms with Gasteiger partial charge in [-0.05, 0) is 77.5 Å². The minimum atomic E-state index is -1.55. The van der Waals surface area contributed by atoms with Gasteiger partial charge in [-0.2, -0.15) is 0 Å². The number of hydrogen-bond acceptors (Lipinski definition) is 0. The summed E-state index contributed by atoms with van der Waals surface area (Å²) in [5.41, 5.74) is 5.31. The van der Waals surface area contributed by atoms with Crippen LogP contribution in [0.4, 0.5) is 0 Å². The van der Waals surface area contributed by atoms with Gasteiger partial charge in [0.15, 0.2) is 0 Å². The zero-order valence-electron chi connectivity index (χ0n) is 25.5. The summed E-state index contributed by atoms with van der Waals surface area (Å²) < 4.78 is 0. The molecule has 42 heavy (non-hydrogen) atoms. The lowest BCUT2D eigenvalue weighted by molar-refractivity contribution is 1.67. The van der Waals surface area contributed by atoms with Crippen LogP contribution in [-0.4, -0.2) is 16.1 Å². The van der Waals surface area contributed by atoms with Crippen LogP contribution in [0.2, 0.25) is 39.3 Å². The van der Waals surface area contributed by atoms with E-state index in [4.69, 9.17) is 0 Å². The van der Waals surface area contributed by atoms with Gasteiger partial charge in [0.1, 0.15) is 0 Å². The molecular weight excluding hydrogens is 537 g/mol. The van der Waals surface area contributed by atoms with E-state index in [9.17, 15) is 0 Å².